The number of hydrogen-bond acceptors (Lipinski definition) is 8. The summed E-state index contributed by atoms with van der Waals surface area (Å²) in [5.74, 6) is -0.285. The van der Waals surface area contributed by atoms with Crippen LogP contribution in [0.4, 0.5) is 5.95 Å². The highest BCUT2D eigenvalue weighted by molar-refractivity contribution is 8.03. The fourth-order valence-corrected chi connectivity index (χ4v) is 5.54. The first-order chi connectivity index (χ1) is 16.2. The number of carboxylic acids is 1. The molecule has 0 unspecified atom stereocenters. The van der Waals surface area contributed by atoms with Gasteiger partial charge in [0.15, 0.2) is 4.34 Å². The number of benzene rings is 1. The lowest BCUT2D eigenvalue weighted by Crippen LogP contribution is -2.27. The third kappa shape index (κ3) is 6.82. The SMILES string of the molecule is CCc1cnc(N(Cc2csc(SC(C)(C)C(=O)O)n2)Cc2ccc3cc(Cl)ccc3n2)nc1.Cl. The van der Waals surface area contributed by atoms with Crippen LogP contribution in [0.15, 0.2) is 52.4 Å². The van der Waals surface area contributed by atoms with Gasteiger partial charge in [-0.2, -0.15) is 0 Å². The summed E-state index contributed by atoms with van der Waals surface area (Å²) >= 11 is 8.79. The average molecular weight is 551 g/mol. The summed E-state index contributed by atoms with van der Waals surface area (Å²) in [4.78, 5) is 32.1. The topological polar surface area (TPSA) is 92.1 Å². The van der Waals surface area contributed by atoms with Gasteiger partial charge in [0.25, 0.3) is 0 Å². The summed E-state index contributed by atoms with van der Waals surface area (Å²) in [7, 11) is 0. The minimum atomic E-state index is -0.953. The molecule has 11 heteroatoms. The zero-order valence-electron chi connectivity index (χ0n) is 19.4. The van der Waals surface area contributed by atoms with E-state index in [1.165, 1.54) is 23.1 Å². The van der Waals surface area contributed by atoms with Crippen molar-refractivity contribution in [1.82, 2.24) is 19.9 Å². The summed E-state index contributed by atoms with van der Waals surface area (Å²) in [6.07, 6.45) is 4.53. The summed E-state index contributed by atoms with van der Waals surface area (Å²) in [5, 5.41) is 13.0. The van der Waals surface area contributed by atoms with Crippen molar-refractivity contribution >= 4 is 69.9 Å². The van der Waals surface area contributed by atoms with Crippen LogP contribution in [0, 0.1) is 0 Å². The van der Waals surface area contributed by atoms with Gasteiger partial charge in [-0.15, -0.1) is 23.7 Å². The highest BCUT2D eigenvalue weighted by Crippen LogP contribution is 2.35. The van der Waals surface area contributed by atoms with Crippen LogP contribution in [0.5, 0.6) is 0 Å². The maximum absolute atomic E-state index is 11.5. The molecule has 0 radical (unpaired) electrons. The zero-order chi connectivity index (χ0) is 24.3. The molecule has 4 aromatic rings. The number of rotatable bonds is 9. The molecule has 0 saturated heterocycles. The van der Waals surface area contributed by atoms with Gasteiger partial charge in [-0.05, 0) is 50.1 Å². The third-order valence-electron chi connectivity index (χ3n) is 5.19. The first-order valence-electron chi connectivity index (χ1n) is 10.7. The minimum absolute atomic E-state index is 0. The van der Waals surface area contributed by atoms with Gasteiger partial charge >= 0.3 is 5.97 Å². The molecule has 0 spiro atoms. The van der Waals surface area contributed by atoms with Crippen molar-refractivity contribution < 1.29 is 9.90 Å². The summed E-state index contributed by atoms with van der Waals surface area (Å²) in [6.45, 7) is 6.37. The lowest BCUT2D eigenvalue weighted by Gasteiger charge is -2.22. The van der Waals surface area contributed by atoms with Crippen molar-refractivity contribution in [3.8, 4) is 0 Å². The predicted octanol–water partition coefficient (Wildman–Crippen LogP) is 6.28. The molecule has 0 aliphatic carbocycles. The molecule has 0 aliphatic heterocycles. The average Bonchev–Trinajstić information content (AvgIpc) is 3.24. The Kier molecular flexibility index (Phi) is 8.93. The monoisotopic (exact) mass is 549 g/mol. The lowest BCUT2D eigenvalue weighted by molar-refractivity contribution is -0.138. The van der Waals surface area contributed by atoms with Crippen LogP contribution in [0.3, 0.4) is 0 Å². The maximum Gasteiger partial charge on any atom is 0.319 e. The van der Waals surface area contributed by atoms with Gasteiger partial charge in [-0.25, -0.2) is 15.0 Å². The van der Waals surface area contributed by atoms with E-state index >= 15 is 0 Å². The van der Waals surface area contributed by atoms with E-state index in [0.29, 0.717) is 28.4 Å². The number of carbonyl (C=O) groups is 1. The number of nitrogens with zero attached hydrogens (tertiary/aromatic N) is 5. The Morgan fingerprint density at radius 2 is 1.83 bits per heavy atom. The molecule has 0 aliphatic rings. The van der Waals surface area contributed by atoms with Crippen LogP contribution >= 0.6 is 47.1 Å². The Balaban J connectivity index is 0.00000342. The van der Waals surface area contributed by atoms with E-state index in [1.54, 1.807) is 13.8 Å². The molecule has 7 nitrogen and oxygen atoms in total. The minimum Gasteiger partial charge on any atom is -0.480 e. The number of hydrogen-bond donors (Lipinski definition) is 1. The van der Waals surface area contributed by atoms with Crippen LogP contribution in [0.2, 0.25) is 5.02 Å². The molecule has 1 aromatic carbocycles. The lowest BCUT2D eigenvalue weighted by atomic mass is 10.2. The molecule has 4 rings (SSSR count). The molecule has 0 amide bonds. The molecule has 0 fully saturated rings. The molecular formula is C24H25Cl2N5O2S2. The van der Waals surface area contributed by atoms with Crippen LogP contribution in [-0.2, 0) is 24.3 Å². The number of thioether (sulfide) groups is 1. The molecule has 184 valence electrons. The smallest absolute Gasteiger partial charge is 0.319 e. The van der Waals surface area contributed by atoms with Crippen molar-refractivity contribution in [2.45, 2.75) is 49.4 Å². The summed E-state index contributed by atoms with van der Waals surface area (Å²) in [6, 6.07) is 9.62. The third-order valence-corrected chi connectivity index (χ3v) is 7.59. The normalized spacial score (nSPS) is 11.3. The highest BCUT2D eigenvalue weighted by atomic mass is 35.5. The number of aromatic nitrogens is 4. The number of fused-ring (bicyclic) bond motifs is 1. The summed E-state index contributed by atoms with van der Waals surface area (Å²) < 4.78 is -0.239. The standard InChI is InChI=1S/C24H24ClN5O2S2.ClH/c1-4-15-10-26-22(27-11-15)30(12-18-7-5-16-9-17(25)6-8-20(16)28-18)13-19-14-33-23(29-19)34-24(2,3)21(31)32;/h5-11,14H,4,12-13H2,1-3H3,(H,31,32);1H. The van der Waals surface area contributed by atoms with E-state index in [2.05, 4.69) is 21.9 Å². The van der Waals surface area contributed by atoms with E-state index in [0.717, 1.165) is 34.3 Å². The van der Waals surface area contributed by atoms with Crippen molar-refractivity contribution in [2.75, 3.05) is 4.90 Å². The highest BCUT2D eigenvalue weighted by Gasteiger charge is 2.30. The van der Waals surface area contributed by atoms with Gasteiger partial charge in [0.05, 0.1) is 30.0 Å². The van der Waals surface area contributed by atoms with Gasteiger partial charge in [0, 0.05) is 28.2 Å². The Morgan fingerprint density at radius 3 is 2.51 bits per heavy atom. The van der Waals surface area contributed by atoms with Crippen molar-refractivity contribution in [3.05, 3.63) is 70.1 Å². The van der Waals surface area contributed by atoms with Gasteiger partial charge < -0.3 is 10.0 Å². The van der Waals surface area contributed by atoms with Crippen LogP contribution in [0.1, 0.15) is 37.7 Å². The number of halogens is 2. The molecule has 0 bridgehead atoms. The molecular weight excluding hydrogens is 525 g/mol. The Morgan fingerprint density at radius 1 is 1.11 bits per heavy atom. The van der Waals surface area contributed by atoms with Gasteiger partial charge in [0.2, 0.25) is 5.95 Å². The van der Waals surface area contributed by atoms with Crippen molar-refractivity contribution in [2.24, 2.45) is 0 Å². The second kappa shape index (κ2) is 11.5. The number of anilines is 1. The first kappa shape index (κ1) is 27.1. The predicted molar refractivity (Wildman–Crippen MR) is 145 cm³/mol. The molecule has 3 aromatic heterocycles. The molecule has 0 saturated carbocycles. The second-order valence-corrected chi connectivity index (χ2v) is 11.4. The number of carboxylic acid groups (broad SMARTS) is 1. The van der Waals surface area contributed by atoms with Crippen LogP contribution < -0.4 is 4.90 Å². The number of aryl methyl sites for hydroxylation is 1. The van der Waals surface area contributed by atoms with Crippen LogP contribution in [0.25, 0.3) is 10.9 Å². The molecule has 35 heavy (non-hydrogen) atoms. The zero-order valence-corrected chi connectivity index (χ0v) is 22.6. The first-order valence-corrected chi connectivity index (χ1v) is 12.8. The molecule has 1 N–H and O–H groups in total. The van der Waals surface area contributed by atoms with Crippen molar-refractivity contribution in [3.63, 3.8) is 0 Å². The Bertz CT molecular complexity index is 1320. The Labute approximate surface area is 223 Å². The molecule has 0 atom stereocenters. The quantitative estimate of drug-likeness (QED) is 0.244. The van der Waals surface area contributed by atoms with Crippen molar-refractivity contribution in [1.29, 1.82) is 0 Å². The fraction of sp³-hybridized carbons (Fsp3) is 0.292. The molecule has 3 heterocycles. The van der Waals surface area contributed by atoms with E-state index in [-0.39, 0.29) is 12.4 Å². The fourth-order valence-electron chi connectivity index (χ4n) is 3.18. The largest absolute Gasteiger partial charge is 0.480 e. The van der Waals surface area contributed by atoms with Gasteiger partial charge in [-0.1, -0.05) is 36.4 Å². The van der Waals surface area contributed by atoms with Gasteiger partial charge in [-0.3, -0.25) is 9.78 Å². The Hall–Kier alpha value is -2.46. The second-order valence-electron chi connectivity index (χ2n) is 8.26. The number of aliphatic carboxylic acids is 1. The maximum atomic E-state index is 11.5. The van der Waals surface area contributed by atoms with Gasteiger partial charge in [0.1, 0.15) is 4.75 Å². The van der Waals surface area contributed by atoms with E-state index in [1.807, 2.05) is 53.0 Å². The van der Waals surface area contributed by atoms with E-state index in [9.17, 15) is 9.90 Å². The van der Waals surface area contributed by atoms with Crippen LogP contribution in [-0.4, -0.2) is 35.8 Å². The van der Waals surface area contributed by atoms with E-state index < -0.39 is 10.7 Å². The van der Waals surface area contributed by atoms with E-state index in [4.69, 9.17) is 16.6 Å². The number of thiazole rings is 1. The summed E-state index contributed by atoms with van der Waals surface area (Å²) in [5.41, 5.74) is 3.62. The number of pyridine rings is 1.